The molecule has 7 nitrogen and oxygen atoms in total. The molecule has 0 saturated carbocycles. The van der Waals surface area contributed by atoms with Gasteiger partial charge in [0.05, 0.1) is 0 Å². The van der Waals surface area contributed by atoms with Gasteiger partial charge in [-0.15, -0.1) is 0 Å². The number of urea groups is 1. The molecule has 0 aromatic carbocycles. The summed E-state index contributed by atoms with van der Waals surface area (Å²) >= 11 is 0. The third-order valence-electron chi connectivity index (χ3n) is 4.48. The zero-order chi connectivity index (χ0) is 17.2. The molecule has 0 aromatic heterocycles. The van der Waals surface area contributed by atoms with Crippen molar-refractivity contribution < 1.29 is 14.4 Å². The van der Waals surface area contributed by atoms with Crippen molar-refractivity contribution in [3.8, 4) is 0 Å². The highest BCUT2D eigenvalue weighted by molar-refractivity contribution is 5.81. The van der Waals surface area contributed by atoms with Crippen molar-refractivity contribution in [1.82, 2.24) is 20.0 Å². The summed E-state index contributed by atoms with van der Waals surface area (Å²) in [5, 5.41) is 2.87. The lowest BCUT2D eigenvalue weighted by atomic mass is 9.86. The summed E-state index contributed by atoms with van der Waals surface area (Å²) in [6.07, 6.45) is 0.870. The van der Waals surface area contributed by atoms with E-state index in [2.05, 4.69) is 5.32 Å². The van der Waals surface area contributed by atoms with Gasteiger partial charge in [0.15, 0.2) is 0 Å². The van der Waals surface area contributed by atoms with Crippen LogP contribution in [-0.4, -0.2) is 79.4 Å². The fraction of sp³-hybridized carbons (Fsp3) is 0.812. The van der Waals surface area contributed by atoms with Crippen molar-refractivity contribution in [2.75, 3.05) is 46.8 Å². The fourth-order valence-electron chi connectivity index (χ4n) is 3.37. The quantitative estimate of drug-likeness (QED) is 0.797. The van der Waals surface area contributed by atoms with E-state index >= 15 is 0 Å². The van der Waals surface area contributed by atoms with Crippen LogP contribution < -0.4 is 5.32 Å². The number of rotatable bonds is 2. The van der Waals surface area contributed by atoms with Gasteiger partial charge in [0.25, 0.3) is 0 Å². The number of carbonyl (C=O) groups is 3. The first-order chi connectivity index (χ1) is 10.7. The molecule has 2 aliphatic heterocycles. The molecule has 0 bridgehead atoms. The molecule has 0 radical (unpaired) electrons. The van der Waals surface area contributed by atoms with E-state index in [4.69, 9.17) is 0 Å². The Bertz CT molecular complexity index is 492. The van der Waals surface area contributed by atoms with Gasteiger partial charge < -0.3 is 20.0 Å². The predicted octanol–water partition coefficient (Wildman–Crippen LogP) is 0.365. The molecule has 2 saturated heterocycles. The van der Waals surface area contributed by atoms with Gasteiger partial charge in [-0.1, -0.05) is 13.8 Å². The average molecular weight is 324 g/mol. The first-order valence-electron chi connectivity index (χ1n) is 8.23. The van der Waals surface area contributed by atoms with Crippen molar-refractivity contribution in [3.05, 3.63) is 0 Å². The second-order valence-corrected chi connectivity index (χ2v) is 7.47. The Kier molecular flexibility index (Phi) is 5.16. The Morgan fingerprint density at radius 2 is 1.83 bits per heavy atom. The molecule has 23 heavy (non-hydrogen) atoms. The Morgan fingerprint density at radius 1 is 1.22 bits per heavy atom. The first kappa shape index (κ1) is 17.6. The molecule has 2 fully saturated rings. The first-order valence-corrected chi connectivity index (χ1v) is 8.23. The van der Waals surface area contributed by atoms with Crippen LogP contribution in [0, 0.1) is 11.3 Å². The van der Waals surface area contributed by atoms with Crippen molar-refractivity contribution in [3.63, 3.8) is 0 Å². The van der Waals surface area contributed by atoms with Gasteiger partial charge in [0.1, 0.15) is 0 Å². The molecule has 2 rings (SSSR count). The highest BCUT2D eigenvalue weighted by Crippen LogP contribution is 2.31. The Hall–Kier alpha value is -1.79. The maximum Gasteiger partial charge on any atom is 0.319 e. The lowest BCUT2D eigenvalue weighted by Gasteiger charge is -2.33. The molecule has 1 spiro atoms. The van der Waals surface area contributed by atoms with Gasteiger partial charge in [0, 0.05) is 65.1 Å². The van der Waals surface area contributed by atoms with Crippen LogP contribution in [0.1, 0.15) is 26.7 Å². The van der Waals surface area contributed by atoms with Gasteiger partial charge >= 0.3 is 6.03 Å². The lowest BCUT2D eigenvalue weighted by molar-refractivity contribution is -0.133. The van der Waals surface area contributed by atoms with Crippen LogP contribution in [0.2, 0.25) is 0 Å². The number of hydrogen-bond acceptors (Lipinski definition) is 3. The predicted molar refractivity (Wildman–Crippen MR) is 86.8 cm³/mol. The van der Waals surface area contributed by atoms with Crippen LogP contribution in [0.4, 0.5) is 4.79 Å². The third kappa shape index (κ3) is 4.14. The minimum Gasteiger partial charge on any atom is -0.355 e. The second kappa shape index (κ2) is 6.76. The van der Waals surface area contributed by atoms with E-state index in [1.807, 2.05) is 18.7 Å². The van der Waals surface area contributed by atoms with Gasteiger partial charge in [-0.05, 0) is 5.92 Å². The van der Waals surface area contributed by atoms with E-state index in [1.165, 1.54) is 0 Å². The summed E-state index contributed by atoms with van der Waals surface area (Å²) in [6.45, 7) is 6.65. The maximum atomic E-state index is 12.5. The number of carbonyl (C=O) groups excluding carboxylic acids is 3. The van der Waals surface area contributed by atoms with Crippen molar-refractivity contribution in [2.45, 2.75) is 26.7 Å². The summed E-state index contributed by atoms with van der Waals surface area (Å²) in [6, 6.07) is -0.0677. The highest BCUT2D eigenvalue weighted by Gasteiger charge is 2.44. The van der Waals surface area contributed by atoms with E-state index in [0.717, 1.165) is 0 Å². The zero-order valence-electron chi connectivity index (χ0n) is 14.6. The molecule has 7 heteroatoms. The Morgan fingerprint density at radius 3 is 2.35 bits per heavy atom. The lowest BCUT2D eigenvalue weighted by Crippen LogP contribution is -2.47. The summed E-state index contributed by atoms with van der Waals surface area (Å²) < 4.78 is 0. The second-order valence-electron chi connectivity index (χ2n) is 7.47. The van der Waals surface area contributed by atoms with Crippen LogP contribution in [0.25, 0.3) is 0 Å². The van der Waals surface area contributed by atoms with Crippen LogP contribution in [0.5, 0.6) is 0 Å². The van der Waals surface area contributed by atoms with Gasteiger partial charge in [0.2, 0.25) is 11.8 Å². The Balaban J connectivity index is 2.19. The van der Waals surface area contributed by atoms with Gasteiger partial charge in [-0.25, -0.2) is 4.79 Å². The number of nitrogens with zero attached hydrogens (tertiary/aromatic N) is 3. The number of nitrogens with one attached hydrogen (secondary N) is 1. The van der Waals surface area contributed by atoms with Crippen LogP contribution in [-0.2, 0) is 9.59 Å². The SMILES string of the molecule is CC(C)CC(=O)N1CCN(C(=O)N(C)C)C[C@@]2(CNC(=O)C2)C1. The topological polar surface area (TPSA) is 73.0 Å². The smallest absolute Gasteiger partial charge is 0.319 e. The maximum absolute atomic E-state index is 12.5. The van der Waals surface area contributed by atoms with Crippen molar-refractivity contribution in [2.24, 2.45) is 11.3 Å². The summed E-state index contributed by atoms with van der Waals surface area (Å²) in [7, 11) is 3.44. The van der Waals surface area contributed by atoms with E-state index in [-0.39, 0.29) is 23.3 Å². The normalized spacial score (nSPS) is 24.8. The highest BCUT2D eigenvalue weighted by atomic mass is 16.2. The molecule has 1 N–H and O–H groups in total. The van der Waals surface area contributed by atoms with E-state index < -0.39 is 0 Å². The molecule has 0 unspecified atom stereocenters. The van der Waals surface area contributed by atoms with Crippen molar-refractivity contribution in [1.29, 1.82) is 0 Å². The van der Waals surface area contributed by atoms with E-state index in [0.29, 0.717) is 51.5 Å². The minimum absolute atomic E-state index is 0.000380. The van der Waals surface area contributed by atoms with Crippen LogP contribution in [0.3, 0.4) is 0 Å². The third-order valence-corrected chi connectivity index (χ3v) is 4.48. The average Bonchev–Trinajstić information content (AvgIpc) is 2.69. The molecule has 130 valence electrons. The fourth-order valence-corrected chi connectivity index (χ4v) is 3.37. The summed E-state index contributed by atoms with van der Waals surface area (Å²) in [4.78, 5) is 41.8. The van der Waals surface area contributed by atoms with Crippen LogP contribution >= 0.6 is 0 Å². The van der Waals surface area contributed by atoms with Gasteiger partial charge in [-0.3, -0.25) is 9.59 Å². The zero-order valence-corrected chi connectivity index (χ0v) is 14.6. The van der Waals surface area contributed by atoms with E-state index in [9.17, 15) is 14.4 Å². The number of amides is 4. The summed E-state index contributed by atoms with van der Waals surface area (Å²) in [5.74, 6) is 0.405. The monoisotopic (exact) mass is 324 g/mol. The molecular weight excluding hydrogens is 296 g/mol. The molecule has 2 aliphatic rings. The number of hydrogen-bond donors (Lipinski definition) is 1. The summed E-state index contributed by atoms with van der Waals surface area (Å²) in [5.41, 5.74) is -0.369. The minimum atomic E-state index is -0.369. The Labute approximate surface area is 138 Å². The molecule has 0 aromatic rings. The molecule has 1 atom stereocenters. The molecular formula is C16H28N4O3. The molecule has 0 aliphatic carbocycles. The molecule has 2 heterocycles. The largest absolute Gasteiger partial charge is 0.355 e. The van der Waals surface area contributed by atoms with Crippen molar-refractivity contribution >= 4 is 17.8 Å². The van der Waals surface area contributed by atoms with Gasteiger partial charge in [-0.2, -0.15) is 0 Å². The standard InChI is InChI=1S/C16H28N4O3/c1-12(2)7-14(22)19-5-6-20(15(23)18(3)4)11-16(10-19)8-13(21)17-9-16/h12H,5-11H2,1-4H3,(H,17,21)/t16-/m0/s1. The van der Waals surface area contributed by atoms with E-state index in [1.54, 1.807) is 23.9 Å². The molecule has 4 amide bonds. The van der Waals surface area contributed by atoms with Crippen LogP contribution in [0.15, 0.2) is 0 Å².